The number of imidazole rings is 1. The van der Waals surface area contributed by atoms with Crippen molar-refractivity contribution in [1.29, 1.82) is 0 Å². The molecular weight excluding hydrogens is 256 g/mol. The van der Waals surface area contributed by atoms with Crippen molar-refractivity contribution < 1.29 is 9.47 Å². The Labute approximate surface area is 118 Å². The molecule has 0 fully saturated rings. The molecule has 0 aliphatic carbocycles. The maximum Gasteiger partial charge on any atom is 0.325 e. The van der Waals surface area contributed by atoms with Crippen LogP contribution >= 0.6 is 0 Å². The Balaban J connectivity index is 2.23. The van der Waals surface area contributed by atoms with Gasteiger partial charge >= 0.3 is 5.69 Å². The van der Waals surface area contributed by atoms with Crippen LogP contribution in [0.25, 0.3) is 0 Å². The summed E-state index contributed by atoms with van der Waals surface area (Å²) in [7, 11) is 3.23. The molecule has 0 aliphatic heterocycles. The number of nitrogens with one attached hydrogen (secondary N) is 1. The van der Waals surface area contributed by atoms with Gasteiger partial charge in [0.05, 0.1) is 14.2 Å². The van der Waals surface area contributed by atoms with E-state index in [9.17, 15) is 4.79 Å². The Morgan fingerprint density at radius 3 is 2.50 bits per heavy atom. The van der Waals surface area contributed by atoms with Crippen LogP contribution < -0.4 is 15.2 Å². The van der Waals surface area contributed by atoms with Crippen molar-refractivity contribution in [1.82, 2.24) is 9.55 Å². The van der Waals surface area contributed by atoms with Crippen molar-refractivity contribution in [2.45, 2.75) is 26.3 Å². The molecule has 0 aliphatic rings. The predicted octanol–water partition coefficient (Wildman–Crippen LogP) is 2.31. The summed E-state index contributed by atoms with van der Waals surface area (Å²) < 4.78 is 12.2. The Kier molecular flexibility index (Phi) is 4.17. The molecule has 0 radical (unpaired) electrons. The number of benzene rings is 1. The molecule has 1 aromatic carbocycles. The zero-order valence-corrected chi connectivity index (χ0v) is 12.3. The molecule has 5 heteroatoms. The summed E-state index contributed by atoms with van der Waals surface area (Å²) in [5.41, 5.74) is 1.90. The topological polar surface area (TPSA) is 56.2 Å². The van der Waals surface area contributed by atoms with Gasteiger partial charge in [0.25, 0.3) is 0 Å². The molecule has 2 aromatic rings. The number of ether oxygens (including phenoxy) is 2. The molecule has 0 bridgehead atoms. The molecule has 0 saturated carbocycles. The molecule has 5 nitrogen and oxygen atoms in total. The van der Waals surface area contributed by atoms with E-state index in [2.05, 4.69) is 11.9 Å². The van der Waals surface area contributed by atoms with Crippen molar-refractivity contribution in [3.63, 3.8) is 0 Å². The fourth-order valence-corrected chi connectivity index (χ4v) is 2.26. The number of aromatic amines is 1. The zero-order chi connectivity index (χ0) is 14.7. The predicted molar refractivity (Wildman–Crippen MR) is 77.8 cm³/mol. The van der Waals surface area contributed by atoms with E-state index >= 15 is 0 Å². The number of hydrogen-bond acceptors (Lipinski definition) is 3. The minimum absolute atomic E-state index is 0.0742. The fourth-order valence-electron chi connectivity index (χ4n) is 2.26. The highest BCUT2D eigenvalue weighted by Crippen LogP contribution is 2.30. The van der Waals surface area contributed by atoms with Crippen molar-refractivity contribution in [3.8, 4) is 11.5 Å². The number of aromatic nitrogens is 2. The second-order valence-corrected chi connectivity index (χ2v) is 4.91. The van der Waals surface area contributed by atoms with Crippen LogP contribution in [0.1, 0.15) is 24.1 Å². The van der Waals surface area contributed by atoms with Gasteiger partial charge in [-0.2, -0.15) is 0 Å². The van der Waals surface area contributed by atoms with Gasteiger partial charge in [-0.3, -0.25) is 4.57 Å². The van der Waals surface area contributed by atoms with Gasteiger partial charge in [-0.1, -0.05) is 13.0 Å². The first-order valence-electron chi connectivity index (χ1n) is 6.53. The zero-order valence-electron chi connectivity index (χ0n) is 12.3. The highest BCUT2D eigenvalue weighted by Gasteiger charge is 2.12. The van der Waals surface area contributed by atoms with Crippen LogP contribution in [0.5, 0.6) is 11.5 Å². The van der Waals surface area contributed by atoms with E-state index in [1.165, 1.54) is 0 Å². The van der Waals surface area contributed by atoms with Gasteiger partial charge in [0.2, 0.25) is 0 Å². The highest BCUT2D eigenvalue weighted by molar-refractivity contribution is 5.43. The Hall–Kier alpha value is -2.17. The third-order valence-corrected chi connectivity index (χ3v) is 3.36. The lowest BCUT2D eigenvalue weighted by molar-refractivity contribution is 0.354. The highest BCUT2D eigenvalue weighted by atomic mass is 16.5. The molecule has 20 heavy (non-hydrogen) atoms. The van der Waals surface area contributed by atoms with E-state index in [-0.39, 0.29) is 11.6 Å². The second kappa shape index (κ2) is 5.86. The first-order valence-corrected chi connectivity index (χ1v) is 6.53. The third-order valence-electron chi connectivity index (χ3n) is 3.36. The van der Waals surface area contributed by atoms with Gasteiger partial charge in [-0.05, 0) is 30.5 Å². The number of hydrogen-bond donors (Lipinski definition) is 1. The van der Waals surface area contributed by atoms with Crippen LogP contribution in [0.2, 0.25) is 0 Å². The van der Waals surface area contributed by atoms with Crippen LogP contribution in [0.3, 0.4) is 0 Å². The fraction of sp³-hybridized carbons (Fsp3) is 0.400. The van der Waals surface area contributed by atoms with Crippen LogP contribution in [-0.4, -0.2) is 23.8 Å². The minimum atomic E-state index is -0.0742. The van der Waals surface area contributed by atoms with Crippen LogP contribution in [0.15, 0.2) is 29.2 Å². The van der Waals surface area contributed by atoms with Gasteiger partial charge < -0.3 is 14.5 Å². The summed E-state index contributed by atoms with van der Waals surface area (Å²) in [6.07, 6.45) is 1.83. The first-order chi connectivity index (χ1) is 9.55. The lowest BCUT2D eigenvalue weighted by atomic mass is 10.0. The molecular formula is C15H20N2O3. The lowest BCUT2D eigenvalue weighted by Crippen LogP contribution is -2.19. The number of H-pyrrole nitrogens is 1. The SMILES string of the molecule is COc1ccc(C(C)Cn2cc(C)[nH]c2=O)cc1OC. The first kappa shape index (κ1) is 14.2. The standard InChI is InChI=1S/C15H20N2O3/c1-10(8-17-9-11(2)16-15(17)18)12-5-6-13(19-3)14(7-12)20-4/h5-7,9-10H,8H2,1-4H3,(H,16,18). The van der Waals surface area contributed by atoms with E-state index in [4.69, 9.17) is 9.47 Å². The van der Waals surface area contributed by atoms with E-state index < -0.39 is 0 Å². The van der Waals surface area contributed by atoms with Crippen LogP contribution in [0.4, 0.5) is 0 Å². The lowest BCUT2D eigenvalue weighted by Gasteiger charge is -2.15. The van der Waals surface area contributed by atoms with Crippen LogP contribution in [-0.2, 0) is 6.54 Å². The van der Waals surface area contributed by atoms with Crippen molar-refractivity contribution in [2.24, 2.45) is 0 Å². The summed E-state index contributed by atoms with van der Waals surface area (Å²) in [6, 6.07) is 5.83. The smallest absolute Gasteiger partial charge is 0.325 e. The van der Waals surface area contributed by atoms with E-state index in [1.807, 2.05) is 31.3 Å². The molecule has 1 unspecified atom stereocenters. The summed E-state index contributed by atoms with van der Waals surface area (Å²) in [5.74, 6) is 1.61. The third kappa shape index (κ3) is 2.87. The average Bonchev–Trinajstić information content (AvgIpc) is 2.75. The molecule has 1 atom stereocenters. The van der Waals surface area contributed by atoms with Gasteiger partial charge in [-0.15, -0.1) is 0 Å². The maximum absolute atomic E-state index is 11.7. The second-order valence-electron chi connectivity index (χ2n) is 4.91. The van der Waals surface area contributed by atoms with Crippen molar-refractivity contribution in [2.75, 3.05) is 14.2 Å². The normalized spacial score (nSPS) is 12.2. The molecule has 1 N–H and O–H groups in total. The van der Waals surface area contributed by atoms with E-state index in [1.54, 1.807) is 18.8 Å². The average molecular weight is 276 g/mol. The van der Waals surface area contributed by atoms with Crippen LogP contribution in [0, 0.1) is 6.92 Å². The molecule has 108 valence electrons. The summed E-state index contributed by atoms with van der Waals surface area (Å²) in [4.78, 5) is 14.5. The molecule has 2 rings (SSSR count). The number of methoxy groups -OCH3 is 2. The Morgan fingerprint density at radius 2 is 1.95 bits per heavy atom. The van der Waals surface area contributed by atoms with Gasteiger partial charge in [0.1, 0.15) is 0 Å². The minimum Gasteiger partial charge on any atom is -0.493 e. The Morgan fingerprint density at radius 1 is 1.25 bits per heavy atom. The molecule has 0 amide bonds. The van der Waals surface area contributed by atoms with Crippen molar-refractivity contribution >= 4 is 0 Å². The molecule has 0 spiro atoms. The van der Waals surface area contributed by atoms with Gasteiger partial charge in [0, 0.05) is 18.4 Å². The largest absolute Gasteiger partial charge is 0.493 e. The van der Waals surface area contributed by atoms with E-state index in [0.717, 1.165) is 11.3 Å². The van der Waals surface area contributed by atoms with E-state index in [0.29, 0.717) is 18.0 Å². The van der Waals surface area contributed by atoms with Crippen molar-refractivity contribution in [3.05, 3.63) is 46.1 Å². The number of rotatable bonds is 5. The van der Waals surface area contributed by atoms with Gasteiger partial charge in [-0.25, -0.2) is 4.79 Å². The number of nitrogens with zero attached hydrogens (tertiary/aromatic N) is 1. The Bertz CT molecular complexity index is 643. The summed E-state index contributed by atoms with van der Waals surface area (Å²) in [6.45, 7) is 4.58. The monoisotopic (exact) mass is 276 g/mol. The molecule has 1 heterocycles. The van der Waals surface area contributed by atoms with Gasteiger partial charge in [0.15, 0.2) is 11.5 Å². The maximum atomic E-state index is 11.7. The molecule has 0 saturated heterocycles. The quantitative estimate of drug-likeness (QED) is 0.911. The number of aryl methyl sites for hydroxylation is 1. The summed E-state index contributed by atoms with van der Waals surface area (Å²) >= 11 is 0. The summed E-state index contributed by atoms with van der Waals surface area (Å²) in [5, 5.41) is 0. The molecule has 1 aromatic heterocycles.